The van der Waals surface area contributed by atoms with Crippen LogP contribution in [0.2, 0.25) is 0 Å². The molecule has 0 radical (unpaired) electrons. The molecule has 0 aliphatic rings. The molecule has 3 N–H and O–H groups in total. The highest BCUT2D eigenvalue weighted by molar-refractivity contribution is 14.1. The van der Waals surface area contributed by atoms with Crippen LogP contribution in [0.3, 0.4) is 0 Å². The Morgan fingerprint density at radius 2 is 2.19 bits per heavy atom. The van der Waals surface area contributed by atoms with Gasteiger partial charge in [-0.2, -0.15) is 0 Å². The summed E-state index contributed by atoms with van der Waals surface area (Å²) in [6.07, 6.45) is 2.06. The first kappa shape index (κ1) is 13.7. The first-order chi connectivity index (χ1) is 7.77. The lowest BCUT2D eigenvalue weighted by Gasteiger charge is -2.19. The lowest BCUT2D eigenvalue weighted by Crippen LogP contribution is -2.26. The van der Waals surface area contributed by atoms with Crippen molar-refractivity contribution in [3.8, 4) is 0 Å². The van der Waals surface area contributed by atoms with E-state index in [2.05, 4.69) is 40.0 Å². The zero-order valence-corrected chi connectivity index (χ0v) is 11.7. The number of nitrogens with one attached hydrogen (secondary N) is 1. The molecule has 4 heteroatoms. The Hall–Kier alpha value is -0.330. The van der Waals surface area contributed by atoms with Gasteiger partial charge in [0.25, 0.3) is 0 Å². The van der Waals surface area contributed by atoms with Crippen molar-refractivity contribution in [1.29, 1.82) is 0 Å². The number of nitrogens with two attached hydrogens (primary N) is 1. The number of ether oxygens (including phenoxy) is 1. The second-order valence-corrected chi connectivity index (χ2v) is 4.87. The van der Waals surface area contributed by atoms with Crippen LogP contribution in [0.5, 0.6) is 0 Å². The fraction of sp³-hybridized carbons (Fsp3) is 0.500. The summed E-state index contributed by atoms with van der Waals surface area (Å²) in [7, 11) is 1.73. The van der Waals surface area contributed by atoms with Crippen LogP contribution in [0.4, 0.5) is 5.69 Å². The number of methoxy groups -OCH3 is 1. The molecule has 0 saturated heterocycles. The van der Waals surface area contributed by atoms with E-state index in [1.165, 1.54) is 9.26 Å². The Morgan fingerprint density at radius 1 is 1.44 bits per heavy atom. The predicted molar refractivity (Wildman–Crippen MR) is 76.7 cm³/mol. The Bertz CT molecular complexity index is 307. The Kier molecular flexibility index (Phi) is 6.75. The van der Waals surface area contributed by atoms with Crippen LogP contribution in [0, 0.1) is 3.57 Å². The topological polar surface area (TPSA) is 47.3 Å². The van der Waals surface area contributed by atoms with Gasteiger partial charge in [0, 0.05) is 22.4 Å². The second-order valence-electron chi connectivity index (χ2n) is 3.71. The summed E-state index contributed by atoms with van der Waals surface area (Å²) >= 11 is 2.33. The normalized spacial score (nSPS) is 12.4. The van der Waals surface area contributed by atoms with E-state index in [4.69, 9.17) is 10.5 Å². The third-order valence-electron chi connectivity index (χ3n) is 2.36. The minimum atomic E-state index is 0.337. The molecule has 0 spiro atoms. The zero-order valence-electron chi connectivity index (χ0n) is 9.58. The summed E-state index contributed by atoms with van der Waals surface area (Å²) in [5, 5.41) is 3.49. The van der Waals surface area contributed by atoms with Crippen LogP contribution in [0.25, 0.3) is 0 Å². The van der Waals surface area contributed by atoms with Crippen molar-refractivity contribution in [3.05, 3.63) is 27.8 Å². The standard InChI is InChI=1S/C12H19IN2O/c1-16-9-10(5-4-8-14)15-12-7-3-2-6-11(12)13/h2-3,6-7,10,15H,4-5,8-9,14H2,1H3. The molecule has 0 aliphatic carbocycles. The largest absolute Gasteiger partial charge is 0.383 e. The van der Waals surface area contributed by atoms with Crippen molar-refractivity contribution in [1.82, 2.24) is 0 Å². The Balaban J connectivity index is 2.56. The highest BCUT2D eigenvalue weighted by atomic mass is 127. The molecule has 1 rings (SSSR count). The van der Waals surface area contributed by atoms with E-state index < -0.39 is 0 Å². The molecule has 16 heavy (non-hydrogen) atoms. The molecule has 1 unspecified atom stereocenters. The summed E-state index contributed by atoms with van der Waals surface area (Å²) in [6, 6.07) is 8.60. The summed E-state index contributed by atoms with van der Waals surface area (Å²) in [6.45, 7) is 1.44. The molecule has 1 atom stereocenters. The number of halogens is 1. The Morgan fingerprint density at radius 3 is 2.81 bits per heavy atom. The van der Waals surface area contributed by atoms with E-state index in [0.717, 1.165) is 19.4 Å². The van der Waals surface area contributed by atoms with E-state index in [9.17, 15) is 0 Å². The quantitative estimate of drug-likeness (QED) is 0.753. The molecule has 0 amide bonds. The highest BCUT2D eigenvalue weighted by Gasteiger charge is 2.08. The van der Waals surface area contributed by atoms with Crippen molar-refractivity contribution in [2.45, 2.75) is 18.9 Å². The van der Waals surface area contributed by atoms with E-state index in [1.54, 1.807) is 7.11 Å². The molecule has 1 aromatic carbocycles. The molecule has 0 bridgehead atoms. The number of rotatable bonds is 7. The van der Waals surface area contributed by atoms with Gasteiger partial charge in [-0.15, -0.1) is 0 Å². The van der Waals surface area contributed by atoms with E-state index in [0.29, 0.717) is 12.6 Å². The average Bonchev–Trinajstić information content (AvgIpc) is 2.29. The summed E-state index contributed by atoms with van der Waals surface area (Å²) in [5.41, 5.74) is 6.69. The molecule has 0 aromatic heterocycles. The number of hydrogen-bond donors (Lipinski definition) is 2. The van der Waals surface area contributed by atoms with Gasteiger partial charge in [-0.05, 0) is 54.1 Å². The van der Waals surface area contributed by atoms with Crippen LogP contribution in [0.1, 0.15) is 12.8 Å². The monoisotopic (exact) mass is 334 g/mol. The first-order valence-electron chi connectivity index (χ1n) is 5.48. The van der Waals surface area contributed by atoms with Gasteiger partial charge < -0.3 is 15.8 Å². The van der Waals surface area contributed by atoms with Crippen molar-refractivity contribution >= 4 is 28.3 Å². The van der Waals surface area contributed by atoms with Gasteiger partial charge >= 0.3 is 0 Å². The maximum atomic E-state index is 5.53. The minimum absolute atomic E-state index is 0.337. The van der Waals surface area contributed by atoms with Gasteiger partial charge in [-0.25, -0.2) is 0 Å². The first-order valence-corrected chi connectivity index (χ1v) is 6.56. The molecule has 0 fully saturated rings. The van der Waals surface area contributed by atoms with Crippen molar-refractivity contribution < 1.29 is 4.74 Å². The number of benzene rings is 1. The SMILES string of the molecule is COCC(CCCN)Nc1ccccc1I. The third kappa shape index (κ3) is 4.67. The summed E-state index contributed by atoms with van der Waals surface area (Å²) in [4.78, 5) is 0. The van der Waals surface area contributed by atoms with Gasteiger partial charge in [0.05, 0.1) is 6.61 Å². The van der Waals surface area contributed by atoms with E-state index in [1.807, 2.05) is 12.1 Å². The molecule has 0 aliphatic heterocycles. The lowest BCUT2D eigenvalue weighted by atomic mass is 10.1. The molecule has 90 valence electrons. The number of para-hydroxylation sites is 1. The van der Waals surface area contributed by atoms with Crippen molar-refractivity contribution in [3.63, 3.8) is 0 Å². The summed E-state index contributed by atoms with van der Waals surface area (Å²) in [5.74, 6) is 0. The van der Waals surface area contributed by atoms with Crippen LogP contribution in [-0.4, -0.2) is 26.3 Å². The van der Waals surface area contributed by atoms with Gasteiger partial charge in [0.2, 0.25) is 0 Å². The van der Waals surface area contributed by atoms with Gasteiger partial charge in [-0.1, -0.05) is 12.1 Å². The van der Waals surface area contributed by atoms with Gasteiger partial charge in [0.15, 0.2) is 0 Å². The maximum absolute atomic E-state index is 5.53. The number of hydrogen-bond acceptors (Lipinski definition) is 3. The summed E-state index contributed by atoms with van der Waals surface area (Å²) < 4.78 is 6.44. The fourth-order valence-corrected chi connectivity index (χ4v) is 2.10. The van der Waals surface area contributed by atoms with Gasteiger partial charge in [-0.3, -0.25) is 0 Å². The fourth-order valence-electron chi connectivity index (χ4n) is 1.56. The predicted octanol–water partition coefficient (Wildman–Crippen LogP) is 2.46. The Labute approximate surface area is 111 Å². The van der Waals surface area contributed by atoms with Crippen LogP contribution >= 0.6 is 22.6 Å². The average molecular weight is 334 g/mol. The van der Waals surface area contributed by atoms with Crippen LogP contribution in [0.15, 0.2) is 24.3 Å². The van der Waals surface area contributed by atoms with Crippen LogP contribution < -0.4 is 11.1 Å². The highest BCUT2D eigenvalue weighted by Crippen LogP contribution is 2.18. The zero-order chi connectivity index (χ0) is 11.8. The third-order valence-corrected chi connectivity index (χ3v) is 3.30. The lowest BCUT2D eigenvalue weighted by molar-refractivity contribution is 0.182. The second kappa shape index (κ2) is 7.86. The number of anilines is 1. The maximum Gasteiger partial charge on any atom is 0.0664 e. The van der Waals surface area contributed by atoms with E-state index >= 15 is 0 Å². The van der Waals surface area contributed by atoms with Crippen molar-refractivity contribution in [2.75, 3.05) is 25.6 Å². The minimum Gasteiger partial charge on any atom is -0.383 e. The van der Waals surface area contributed by atoms with Crippen molar-refractivity contribution in [2.24, 2.45) is 5.73 Å². The molecule has 0 heterocycles. The van der Waals surface area contributed by atoms with Crippen LogP contribution in [-0.2, 0) is 4.74 Å². The van der Waals surface area contributed by atoms with E-state index in [-0.39, 0.29) is 0 Å². The molecule has 0 saturated carbocycles. The molecular formula is C12H19IN2O. The molecular weight excluding hydrogens is 315 g/mol. The smallest absolute Gasteiger partial charge is 0.0664 e. The van der Waals surface area contributed by atoms with Gasteiger partial charge in [0.1, 0.15) is 0 Å². The molecule has 1 aromatic rings. The molecule has 3 nitrogen and oxygen atoms in total.